The minimum Gasteiger partial charge on any atom is -0.377 e. The zero-order valence-electron chi connectivity index (χ0n) is 12.8. The summed E-state index contributed by atoms with van der Waals surface area (Å²) in [5, 5.41) is 4.09. The van der Waals surface area contributed by atoms with Crippen LogP contribution in [0, 0.1) is 5.92 Å². The third-order valence-corrected chi connectivity index (χ3v) is 5.72. The molecule has 0 radical (unpaired) electrons. The van der Waals surface area contributed by atoms with Crippen molar-refractivity contribution in [2.45, 2.75) is 44.1 Å². The highest BCUT2D eigenvalue weighted by molar-refractivity contribution is 8.00. The summed E-state index contributed by atoms with van der Waals surface area (Å²) in [5.74, 6) is 1.76. The van der Waals surface area contributed by atoms with Crippen LogP contribution in [0.4, 0.5) is 0 Å². The average molecular weight is 293 g/mol. The molecule has 0 amide bonds. The van der Waals surface area contributed by atoms with E-state index in [2.05, 4.69) is 68.3 Å². The van der Waals surface area contributed by atoms with Gasteiger partial charge in [0.1, 0.15) is 0 Å². The summed E-state index contributed by atoms with van der Waals surface area (Å²) in [6.07, 6.45) is 2.92. The maximum Gasteiger partial charge on any atom is 0.0666 e. The van der Waals surface area contributed by atoms with E-state index in [0.29, 0.717) is 23.3 Å². The first-order valence-corrected chi connectivity index (χ1v) is 8.72. The monoisotopic (exact) mass is 293 g/mol. The van der Waals surface area contributed by atoms with Gasteiger partial charge in [-0.15, -0.1) is 0 Å². The number of rotatable bonds is 7. The molecule has 3 unspecified atom stereocenters. The van der Waals surface area contributed by atoms with Gasteiger partial charge in [-0.05, 0) is 31.4 Å². The minimum absolute atomic E-state index is 0.405. The van der Waals surface area contributed by atoms with Crippen molar-refractivity contribution in [1.29, 1.82) is 0 Å². The fourth-order valence-electron chi connectivity index (χ4n) is 2.85. The number of nitrogens with one attached hydrogen (secondary N) is 1. The average Bonchev–Trinajstić information content (AvgIpc) is 2.97. The van der Waals surface area contributed by atoms with E-state index in [9.17, 15) is 0 Å². The van der Waals surface area contributed by atoms with Crippen LogP contribution in [-0.2, 0) is 4.74 Å². The van der Waals surface area contributed by atoms with E-state index in [1.807, 2.05) is 0 Å². The molecular weight excluding hydrogens is 266 g/mol. The summed E-state index contributed by atoms with van der Waals surface area (Å²) in [5.41, 5.74) is 1.38. The van der Waals surface area contributed by atoms with Crippen molar-refractivity contribution in [2.75, 3.05) is 19.4 Å². The number of thioether (sulfide) groups is 1. The first-order chi connectivity index (χ1) is 9.72. The zero-order chi connectivity index (χ0) is 14.4. The Hall–Kier alpha value is -0.510. The Morgan fingerprint density at radius 2 is 2.05 bits per heavy atom. The topological polar surface area (TPSA) is 21.3 Å². The fourth-order valence-corrected chi connectivity index (χ4v) is 4.42. The lowest BCUT2D eigenvalue weighted by Gasteiger charge is -2.30. The summed E-state index contributed by atoms with van der Waals surface area (Å²) in [6.45, 7) is 5.59. The van der Waals surface area contributed by atoms with E-state index < -0.39 is 0 Å². The predicted molar refractivity (Wildman–Crippen MR) is 88.3 cm³/mol. The number of hydrogen-bond donors (Lipinski definition) is 1. The van der Waals surface area contributed by atoms with Gasteiger partial charge >= 0.3 is 0 Å². The molecule has 0 aliphatic carbocycles. The van der Waals surface area contributed by atoms with Gasteiger partial charge in [-0.25, -0.2) is 0 Å². The summed E-state index contributed by atoms with van der Waals surface area (Å²) < 4.78 is 5.76. The molecule has 1 aromatic carbocycles. The van der Waals surface area contributed by atoms with Crippen LogP contribution in [0.1, 0.15) is 38.3 Å². The molecule has 2 rings (SSSR count). The maximum atomic E-state index is 5.76. The Labute approximate surface area is 127 Å². The Kier molecular flexibility index (Phi) is 6.40. The van der Waals surface area contributed by atoms with Crippen LogP contribution in [0.2, 0.25) is 0 Å². The van der Waals surface area contributed by atoms with Crippen molar-refractivity contribution in [2.24, 2.45) is 5.92 Å². The molecule has 1 heterocycles. The highest BCUT2D eigenvalue weighted by Crippen LogP contribution is 2.33. The second-order valence-corrected chi connectivity index (χ2v) is 7.07. The second kappa shape index (κ2) is 8.06. The normalized spacial score (nSPS) is 22.1. The van der Waals surface area contributed by atoms with Crippen molar-refractivity contribution in [1.82, 2.24) is 5.32 Å². The van der Waals surface area contributed by atoms with Gasteiger partial charge < -0.3 is 10.1 Å². The Bertz CT molecular complexity index is 376. The van der Waals surface area contributed by atoms with Crippen LogP contribution >= 0.6 is 11.8 Å². The molecular formula is C17H27NOS. The molecule has 1 aliphatic heterocycles. The van der Waals surface area contributed by atoms with Crippen molar-refractivity contribution in [3.8, 4) is 0 Å². The fraction of sp³-hybridized carbons (Fsp3) is 0.647. The SMILES string of the molecule is CNC(c1ccccc1)C(SCC1CCCO1)C(C)C. The van der Waals surface area contributed by atoms with Gasteiger partial charge in [0.15, 0.2) is 0 Å². The lowest BCUT2D eigenvalue weighted by atomic mass is 9.96. The van der Waals surface area contributed by atoms with Crippen LogP contribution in [0.3, 0.4) is 0 Å². The Balaban J connectivity index is 2.01. The minimum atomic E-state index is 0.405. The molecule has 1 N–H and O–H groups in total. The van der Waals surface area contributed by atoms with Gasteiger partial charge in [-0.3, -0.25) is 0 Å². The first kappa shape index (κ1) is 15.9. The Morgan fingerprint density at radius 3 is 2.60 bits per heavy atom. The third-order valence-electron chi connectivity index (χ3n) is 3.95. The summed E-state index contributed by atoms with van der Waals surface area (Å²) >= 11 is 2.07. The van der Waals surface area contributed by atoms with E-state index in [4.69, 9.17) is 4.74 Å². The van der Waals surface area contributed by atoms with Gasteiger partial charge in [-0.2, -0.15) is 11.8 Å². The first-order valence-electron chi connectivity index (χ1n) is 7.67. The largest absolute Gasteiger partial charge is 0.377 e. The van der Waals surface area contributed by atoms with E-state index in [-0.39, 0.29) is 0 Å². The van der Waals surface area contributed by atoms with Gasteiger partial charge in [-0.1, -0.05) is 44.2 Å². The highest BCUT2D eigenvalue weighted by atomic mass is 32.2. The van der Waals surface area contributed by atoms with Crippen molar-refractivity contribution in [3.63, 3.8) is 0 Å². The molecule has 112 valence electrons. The van der Waals surface area contributed by atoms with Crippen LogP contribution in [-0.4, -0.2) is 30.8 Å². The van der Waals surface area contributed by atoms with Crippen molar-refractivity contribution >= 4 is 11.8 Å². The van der Waals surface area contributed by atoms with Crippen LogP contribution < -0.4 is 5.32 Å². The lowest BCUT2D eigenvalue weighted by molar-refractivity contribution is 0.128. The molecule has 2 nitrogen and oxygen atoms in total. The Morgan fingerprint density at radius 1 is 1.30 bits per heavy atom. The molecule has 0 spiro atoms. The van der Waals surface area contributed by atoms with E-state index in [1.165, 1.54) is 18.4 Å². The molecule has 3 heteroatoms. The number of benzene rings is 1. The van der Waals surface area contributed by atoms with Gasteiger partial charge in [0, 0.05) is 23.7 Å². The standard InChI is InChI=1S/C17H27NOS/c1-13(2)17(20-12-15-10-7-11-19-15)16(18-3)14-8-5-4-6-9-14/h4-6,8-9,13,15-18H,7,10-12H2,1-3H3. The van der Waals surface area contributed by atoms with Crippen LogP contribution in [0.5, 0.6) is 0 Å². The molecule has 3 atom stereocenters. The van der Waals surface area contributed by atoms with E-state index in [0.717, 1.165) is 12.4 Å². The van der Waals surface area contributed by atoms with Gasteiger partial charge in [0.05, 0.1) is 6.10 Å². The molecule has 0 bridgehead atoms. The molecule has 1 saturated heterocycles. The summed E-state index contributed by atoms with van der Waals surface area (Å²) in [6, 6.07) is 11.2. The smallest absolute Gasteiger partial charge is 0.0666 e. The molecule has 1 aliphatic rings. The van der Waals surface area contributed by atoms with Gasteiger partial charge in [0.25, 0.3) is 0 Å². The third kappa shape index (κ3) is 4.24. The molecule has 20 heavy (non-hydrogen) atoms. The van der Waals surface area contributed by atoms with Gasteiger partial charge in [0.2, 0.25) is 0 Å². The lowest BCUT2D eigenvalue weighted by Crippen LogP contribution is -2.32. The summed E-state index contributed by atoms with van der Waals surface area (Å²) in [4.78, 5) is 0. The highest BCUT2D eigenvalue weighted by Gasteiger charge is 2.27. The van der Waals surface area contributed by atoms with Crippen LogP contribution in [0.25, 0.3) is 0 Å². The van der Waals surface area contributed by atoms with Crippen LogP contribution in [0.15, 0.2) is 30.3 Å². The quantitative estimate of drug-likeness (QED) is 0.824. The summed E-state index contributed by atoms with van der Waals surface area (Å²) in [7, 11) is 2.07. The molecule has 1 aromatic rings. The number of ether oxygens (including phenoxy) is 1. The van der Waals surface area contributed by atoms with E-state index in [1.54, 1.807) is 0 Å². The van der Waals surface area contributed by atoms with Crippen molar-refractivity contribution < 1.29 is 4.74 Å². The maximum absolute atomic E-state index is 5.76. The molecule has 0 aromatic heterocycles. The van der Waals surface area contributed by atoms with Crippen molar-refractivity contribution in [3.05, 3.63) is 35.9 Å². The zero-order valence-corrected chi connectivity index (χ0v) is 13.7. The molecule has 0 saturated carbocycles. The number of hydrogen-bond acceptors (Lipinski definition) is 3. The predicted octanol–water partition coefficient (Wildman–Crippen LogP) is 3.88. The molecule has 1 fully saturated rings. The second-order valence-electron chi connectivity index (χ2n) is 5.85. The van der Waals surface area contributed by atoms with E-state index >= 15 is 0 Å².